The quantitative estimate of drug-likeness (QED) is 0.0221. The summed E-state index contributed by atoms with van der Waals surface area (Å²) in [5, 5.41) is 20.0. The van der Waals surface area contributed by atoms with Crippen molar-refractivity contribution in [2.24, 2.45) is 17.8 Å². The molecule has 0 saturated heterocycles. The number of hydrogen-bond donors (Lipinski definition) is 1. The number of ether oxygens (including phenoxy) is 7. The number of hydrogen-bond acceptors (Lipinski definition) is 23. The molecule has 1 saturated carbocycles. The number of aliphatic hydroxyl groups excluding tert-OH is 1. The van der Waals surface area contributed by atoms with Crippen molar-refractivity contribution in [3.8, 4) is 29.0 Å². The second-order valence-corrected chi connectivity index (χ2v) is 43.8. The molecule has 1 N–H and O–H groups in total. The van der Waals surface area contributed by atoms with Crippen LogP contribution in [0.5, 0.6) is 29.0 Å². The van der Waals surface area contributed by atoms with Gasteiger partial charge in [0.15, 0.2) is 45.1 Å². The maximum Gasteiger partial charge on any atom is 0.514 e. The van der Waals surface area contributed by atoms with E-state index in [2.05, 4.69) is 57.3 Å². The number of para-hydroxylation sites is 1. The first kappa shape index (κ1) is 87.1. The number of allylic oxidation sites excluding steroid dienone is 1. The number of carbonyl (C=O) groups excluding carboxylic acids is 7. The molecule has 12 rings (SSSR count). The van der Waals surface area contributed by atoms with Crippen LogP contribution in [0.3, 0.4) is 0 Å². The van der Waals surface area contributed by atoms with Crippen LogP contribution < -0.4 is 23.7 Å². The van der Waals surface area contributed by atoms with E-state index in [0.717, 1.165) is 16.7 Å². The monoisotopic (exact) mass is 1580 g/mol. The predicted octanol–water partition coefficient (Wildman–Crippen LogP) is 19.0. The predicted molar refractivity (Wildman–Crippen MR) is 434 cm³/mol. The summed E-state index contributed by atoms with van der Waals surface area (Å²) < 4.78 is 64.7. The first-order chi connectivity index (χ1) is 52.9. The zero-order valence-corrected chi connectivity index (χ0v) is 71.3. The minimum atomic E-state index is -2.91. The first-order valence-corrected chi connectivity index (χ1v) is 43.9. The molecule has 0 unspecified atom stereocenters. The fourth-order valence-corrected chi connectivity index (χ4v) is 17.4. The molecule has 8 atom stereocenters. The van der Waals surface area contributed by atoms with Gasteiger partial charge in [-0.15, -0.1) is 13.2 Å². The van der Waals surface area contributed by atoms with Gasteiger partial charge in [-0.25, -0.2) is 14.4 Å². The molecule has 5 aromatic carbocycles. The fraction of sp³-hybridized carbons (Fsp3) is 0.443. The zero-order chi connectivity index (χ0) is 83.5. The molecule has 23 nitrogen and oxygen atoms in total. The largest absolute Gasteiger partial charge is 0.514 e. The number of nitrogens with zero attached hydrogens (tertiary/aromatic N) is 4. The van der Waals surface area contributed by atoms with Gasteiger partial charge in [0.2, 0.25) is 17.3 Å². The number of fused-ring (bicyclic) bond motifs is 6. The summed E-state index contributed by atoms with van der Waals surface area (Å²) in [5.41, 5.74) is -1.15. The third kappa shape index (κ3) is 18.0. The molecule has 0 radical (unpaired) electrons. The number of ketones is 4. The first-order valence-electron chi connectivity index (χ1n) is 38.1. The highest BCUT2D eigenvalue weighted by atomic mass is 28.4. The van der Waals surface area contributed by atoms with Crippen molar-refractivity contribution in [3.63, 3.8) is 0 Å². The van der Waals surface area contributed by atoms with E-state index in [-0.39, 0.29) is 92.8 Å². The van der Waals surface area contributed by atoms with Crippen LogP contribution in [0.15, 0.2) is 167 Å². The van der Waals surface area contributed by atoms with Gasteiger partial charge in [0, 0.05) is 17.4 Å². The number of rotatable bonds is 17. The van der Waals surface area contributed by atoms with Crippen molar-refractivity contribution in [1.29, 1.82) is 0 Å². The molecule has 25 heteroatoms. The Kier molecular flexibility index (Phi) is 26.2. The highest BCUT2D eigenvalue weighted by Gasteiger charge is 2.70. The number of aryl methyl sites for hydroxylation is 1. The van der Waals surface area contributed by atoms with Crippen LogP contribution >= 0.6 is 0 Å². The molecule has 2 heterocycles. The van der Waals surface area contributed by atoms with Gasteiger partial charge in [-0.1, -0.05) is 165 Å². The fourth-order valence-electron chi connectivity index (χ4n) is 14.5. The molecule has 0 aliphatic heterocycles. The van der Waals surface area contributed by atoms with E-state index >= 15 is 9.59 Å². The minimum absolute atomic E-state index is 0.0177. The van der Waals surface area contributed by atoms with Crippen molar-refractivity contribution in [2.45, 2.75) is 206 Å². The number of aromatic nitrogens is 2. The van der Waals surface area contributed by atoms with Crippen molar-refractivity contribution < 1.29 is 89.7 Å². The van der Waals surface area contributed by atoms with Crippen LogP contribution in [-0.2, 0) is 47.5 Å². The van der Waals surface area contributed by atoms with E-state index in [1.54, 1.807) is 96.1 Å². The van der Waals surface area contributed by atoms with Gasteiger partial charge in [0.25, 0.3) is 11.8 Å². The van der Waals surface area contributed by atoms with E-state index < -0.39 is 104 Å². The minimum Gasteiger partial charge on any atom is -0.507 e. The number of benzene rings is 5. The Bertz CT molecular complexity index is 4710. The van der Waals surface area contributed by atoms with Crippen LogP contribution in [0, 0.1) is 17.8 Å². The summed E-state index contributed by atoms with van der Waals surface area (Å²) in [6, 6.07) is 37.1. The van der Waals surface area contributed by atoms with Gasteiger partial charge in [-0.2, -0.15) is 0 Å². The van der Waals surface area contributed by atoms with Crippen molar-refractivity contribution in [1.82, 2.24) is 20.1 Å². The summed E-state index contributed by atoms with van der Waals surface area (Å²) in [6.45, 7) is 41.2. The van der Waals surface area contributed by atoms with Gasteiger partial charge in [-0.3, -0.25) is 29.0 Å². The molecule has 0 amide bonds. The van der Waals surface area contributed by atoms with Crippen LogP contribution in [0.2, 0.25) is 36.3 Å². The second-order valence-electron chi connectivity index (χ2n) is 34.3. The third-order valence-electron chi connectivity index (χ3n) is 21.8. The Balaban J connectivity index is 0.000000207. The zero-order valence-electron chi connectivity index (χ0n) is 69.3. The normalized spacial score (nSPS) is 21.2. The lowest BCUT2D eigenvalue weighted by Gasteiger charge is -2.55. The Morgan fingerprint density at radius 1 is 0.566 bits per heavy atom. The number of Topliss-reactive ketones (excluding diaryl/α,β-unsaturated/α-hetero) is 3. The standard InChI is InChI=1S/C40H50N2O9Si.C26H34N2O5Si.C20H22O5.C2H4/c1-22-24-18-15-19-27(48-37(46)49-38(2,3)4)28(24)32(43)29-25(22)20-26-31(42(8)9)33-30(36(41-50-33)47-21-23-16-13-12-14-17-23)35(45)40(26,34(29)44)51-52(10,11)39(5,6)7;1-25(2,3)34(6,7)33-26-18(14-11-15-19(26)29)21(28(4)5)22-20(23(26)30)24(27-32-22)31-16-17-12-9-8-10-13-17;1-5-14-10-9-13-16(24-19(22)25-20(2,3)4)17(14)18(21)23-15-11-7-6-8-12-15;1-2/h12-19,22,25-26,31,43H,20-21H2,1-11H3;8-13,15,18,21H,14,16H2,1-7H3;6-13H,5H2,1-4H3;1-2H2/t22-,25+,26-,31-,40-;18-,21-,26-;;/m00../s1. The molecule has 113 heavy (non-hydrogen) atoms. The summed E-state index contributed by atoms with van der Waals surface area (Å²) in [4.78, 5) is 100. The molecule has 2 aromatic heterocycles. The molecule has 0 bridgehead atoms. The van der Waals surface area contributed by atoms with Gasteiger partial charge >= 0.3 is 18.3 Å². The van der Waals surface area contributed by atoms with E-state index in [0.29, 0.717) is 42.1 Å². The van der Waals surface area contributed by atoms with Gasteiger partial charge in [0.1, 0.15) is 64.1 Å². The van der Waals surface area contributed by atoms with Crippen molar-refractivity contribution in [2.75, 3.05) is 28.2 Å². The average Bonchev–Trinajstić information content (AvgIpc) is 1.63. The highest BCUT2D eigenvalue weighted by molar-refractivity contribution is 6.75. The van der Waals surface area contributed by atoms with Gasteiger partial charge < -0.3 is 56.2 Å². The molecular weight excluding hydrogens is 1470 g/mol. The number of esters is 1. The SMILES string of the molecule is C=C.CCc1cccc(OC(=O)OC(C)(C)C)c1C(=O)Oc1ccccc1.CN(C)[C@@H]1c2onc(OCc3ccccc3)c2C(=O)[C@@]2(O[Si](C)(C)C(C)(C)C)C(=O)C=CC[C@@H]12.C[C@H]1c2cccc(OC(=O)OC(C)(C)C)c2C(O)=C2C(=O)[C@]3(O[Si](C)(C)C(C)(C)C)C(=O)c4c(OCc5ccccc5)noc4[C@@H](N(C)C)[C@@H]3C[C@@H]21. The average molecular weight is 1580 g/mol. The Hall–Kier alpha value is -9.90. The van der Waals surface area contributed by atoms with Gasteiger partial charge in [-0.05, 0) is 200 Å². The number of carbonyl (C=O) groups is 7. The molecule has 0 spiro atoms. The lowest BCUT2D eigenvalue weighted by molar-refractivity contribution is -0.141. The van der Waals surface area contributed by atoms with E-state index in [9.17, 15) is 29.1 Å². The summed E-state index contributed by atoms with van der Waals surface area (Å²) >= 11 is 0. The van der Waals surface area contributed by atoms with Crippen LogP contribution in [0.25, 0.3) is 5.76 Å². The number of aliphatic hydroxyl groups is 1. The van der Waals surface area contributed by atoms with Crippen LogP contribution in [-0.4, -0.2) is 134 Å². The maximum absolute atomic E-state index is 15.6. The Morgan fingerprint density at radius 3 is 1.48 bits per heavy atom. The second kappa shape index (κ2) is 34.0. The van der Waals surface area contributed by atoms with Crippen LogP contribution in [0.4, 0.5) is 9.59 Å². The highest BCUT2D eigenvalue weighted by Crippen LogP contribution is 2.62. The lowest BCUT2D eigenvalue weighted by atomic mass is 9.55. The Morgan fingerprint density at radius 2 is 1.01 bits per heavy atom. The molecule has 7 aromatic rings. The summed E-state index contributed by atoms with van der Waals surface area (Å²) in [5.74, 6) is -3.36. The Labute approximate surface area is 665 Å². The third-order valence-corrected chi connectivity index (χ3v) is 30.7. The van der Waals surface area contributed by atoms with Crippen LogP contribution in [0.1, 0.15) is 198 Å². The summed E-state index contributed by atoms with van der Waals surface area (Å²) in [7, 11) is 2.14. The topological polar surface area (TPSA) is 281 Å². The van der Waals surface area contributed by atoms with Crippen molar-refractivity contribution >= 4 is 63.8 Å². The molecule has 1 fully saturated rings. The molecular formula is C88H110N4O19Si2. The molecule has 5 aliphatic rings. The van der Waals surface area contributed by atoms with E-state index in [1.807, 2.05) is 165 Å². The lowest BCUT2D eigenvalue weighted by Crippen LogP contribution is -2.68. The summed E-state index contributed by atoms with van der Waals surface area (Å²) in [6.07, 6.45) is 2.94. The molecule has 604 valence electrons. The molecule has 5 aliphatic carbocycles. The van der Waals surface area contributed by atoms with E-state index in [4.69, 9.17) is 51.1 Å². The smallest absolute Gasteiger partial charge is 0.507 e. The van der Waals surface area contributed by atoms with Gasteiger partial charge in [0.05, 0.1) is 17.6 Å². The van der Waals surface area contributed by atoms with E-state index in [1.165, 1.54) is 6.08 Å². The van der Waals surface area contributed by atoms with Crippen molar-refractivity contribution in [3.05, 3.63) is 214 Å². The maximum atomic E-state index is 15.6.